The van der Waals surface area contributed by atoms with Crippen molar-refractivity contribution >= 4 is 55.8 Å². The summed E-state index contributed by atoms with van der Waals surface area (Å²) in [7, 11) is 5.90. The minimum absolute atomic E-state index is 0.608. The molecular weight excluding hydrogens is 532 g/mol. The van der Waals surface area contributed by atoms with Gasteiger partial charge in [0.25, 0.3) is 0 Å². The third kappa shape index (κ3) is 5.12. The normalized spacial score (nSPS) is 12.8. The van der Waals surface area contributed by atoms with Crippen LogP contribution in [0.25, 0.3) is 42.8 Å². The van der Waals surface area contributed by atoms with Crippen molar-refractivity contribution in [1.29, 1.82) is 0 Å². The lowest BCUT2D eigenvalue weighted by Gasteiger charge is -2.28. The molecule has 1 N–H and O–H groups in total. The van der Waals surface area contributed by atoms with Crippen molar-refractivity contribution in [1.82, 2.24) is 14.8 Å². The van der Waals surface area contributed by atoms with E-state index in [1.807, 2.05) is 88.8 Å². The predicted octanol–water partition coefficient (Wildman–Crippen LogP) is 7.49. The number of benzene rings is 3. The lowest BCUT2D eigenvalue weighted by atomic mass is 9.91. The van der Waals surface area contributed by atoms with Crippen molar-refractivity contribution in [2.45, 2.75) is 39.4 Å². The maximum absolute atomic E-state index is 12.6. The number of hydrogen-bond acceptors (Lipinski definition) is 6. The van der Waals surface area contributed by atoms with E-state index in [0.29, 0.717) is 10.6 Å². The highest BCUT2D eigenvalue weighted by Gasteiger charge is 2.32. The van der Waals surface area contributed by atoms with Crippen LogP contribution in [-0.2, 0) is 16.6 Å². The largest absolute Gasteiger partial charge is 0.479 e. The van der Waals surface area contributed by atoms with Crippen LogP contribution in [0.3, 0.4) is 0 Å². The molecule has 0 saturated heterocycles. The predicted molar refractivity (Wildman–Crippen MR) is 160 cm³/mol. The number of fused-ring (bicyclic) bond motifs is 2. The SMILES string of the molecule is Cc1cc2nc(-c3ccc4c(c3)c(N(C)C)nn4C)sc2c(-c2ccc(Cl)cc2)c1[C@H](OC(C)(C)C)C(=O)O. The Labute approximate surface area is 236 Å². The van der Waals surface area contributed by atoms with E-state index in [4.69, 9.17) is 21.3 Å². The zero-order valence-corrected chi connectivity index (χ0v) is 24.6. The van der Waals surface area contributed by atoms with Gasteiger partial charge in [-0.3, -0.25) is 4.68 Å². The quantitative estimate of drug-likeness (QED) is 0.231. The number of aliphatic carboxylic acids is 1. The summed E-state index contributed by atoms with van der Waals surface area (Å²) in [6.45, 7) is 7.50. The highest BCUT2D eigenvalue weighted by molar-refractivity contribution is 7.22. The van der Waals surface area contributed by atoms with Crippen molar-refractivity contribution in [2.75, 3.05) is 19.0 Å². The number of rotatable bonds is 6. The number of carboxylic acid groups (broad SMARTS) is 1. The summed E-state index contributed by atoms with van der Waals surface area (Å²) in [6, 6.07) is 15.7. The summed E-state index contributed by atoms with van der Waals surface area (Å²) in [5, 5.41) is 17.4. The first-order chi connectivity index (χ1) is 18.3. The van der Waals surface area contributed by atoms with Gasteiger partial charge in [-0.05, 0) is 75.2 Å². The molecular formula is C30H31ClN4O3S. The maximum atomic E-state index is 12.6. The van der Waals surface area contributed by atoms with Gasteiger partial charge in [-0.1, -0.05) is 23.7 Å². The van der Waals surface area contributed by atoms with Crippen LogP contribution in [0.2, 0.25) is 5.02 Å². The van der Waals surface area contributed by atoms with Gasteiger partial charge < -0.3 is 14.7 Å². The minimum atomic E-state index is -1.15. The molecule has 0 aliphatic carbocycles. The topological polar surface area (TPSA) is 80.5 Å². The van der Waals surface area contributed by atoms with E-state index >= 15 is 0 Å². The molecule has 1 atom stereocenters. The van der Waals surface area contributed by atoms with Gasteiger partial charge >= 0.3 is 5.97 Å². The number of nitrogens with zero attached hydrogens (tertiary/aromatic N) is 4. The summed E-state index contributed by atoms with van der Waals surface area (Å²) in [5.74, 6) is -0.148. The third-order valence-corrected chi connectivity index (χ3v) is 7.91. The Kier molecular flexibility index (Phi) is 6.91. The van der Waals surface area contributed by atoms with Gasteiger partial charge in [-0.2, -0.15) is 5.10 Å². The van der Waals surface area contributed by atoms with E-state index in [9.17, 15) is 9.90 Å². The highest BCUT2D eigenvalue weighted by atomic mass is 35.5. The van der Waals surface area contributed by atoms with Crippen molar-refractivity contribution < 1.29 is 14.6 Å². The van der Waals surface area contributed by atoms with Crippen molar-refractivity contribution in [3.63, 3.8) is 0 Å². The average molecular weight is 563 g/mol. The number of carbonyl (C=O) groups is 1. The zero-order chi connectivity index (χ0) is 28.2. The maximum Gasteiger partial charge on any atom is 0.337 e. The van der Waals surface area contributed by atoms with E-state index in [0.717, 1.165) is 54.2 Å². The van der Waals surface area contributed by atoms with Crippen LogP contribution < -0.4 is 4.90 Å². The molecule has 5 rings (SSSR count). The Morgan fingerprint density at radius 3 is 2.38 bits per heavy atom. The van der Waals surface area contributed by atoms with Gasteiger partial charge in [0.15, 0.2) is 11.9 Å². The molecule has 0 radical (unpaired) electrons. The standard InChI is InChI=1S/C30H31ClN4O3S/c1-16-14-21-26(39-28(32-21)18-10-13-22-20(15-18)27(34(5)6)33-35(22)7)24(17-8-11-19(31)12-9-17)23(16)25(29(36)37)38-30(2,3)4/h8-15,25H,1-7H3,(H,36,37)/t25-/m0/s1. The molecule has 3 aromatic carbocycles. The molecule has 0 amide bonds. The minimum Gasteiger partial charge on any atom is -0.479 e. The summed E-state index contributed by atoms with van der Waals surface area (Å²) < 4.78 is 8.90. The molecule has 0 fully saturated rings. The number of aryl methyl sites for hydroxylation is 2. The fourth-order valence-corrected chi connectivity index (χ4v) is 6.12. The van der Waals surface area contributed by atoms with Crippen molar-refractivity contribution in [3.05, 3.63) is 64.7 Å². The molecule has 0 spiro atoms. The van der Waals surface area contributed by atoms with Crippen LogP contribution in [0.4, 0.5) is 5.82 Å². The van der Waals surface area contributed by atoms with Crippen molar-refractivity contribution in [3.8, 4) is 21.7 Å². The van der Waals surface area contributed by atoms with E-state index < -0.39 is 17.7 Å². The number of anilines is 1. The number of thiazole rings is 1. The lowest BCUT2D eigenvalue weighted by molar-refractivity contribution is -0.160. The number of ether oxygens (including phenoxy) is 1. The van der Waals surface area contributed by atoms with Crippen LogP contribution in [0.15, 0.2) is 48.5 Å². The Balaban J connectivity index is 1.78. The van der Waals surface area contributed by atoms with Gasteiger partial charge in [-0.15, -0.1) is 11.3 Å². The Morgan fingerprint density at radius 1 is 1.10 bits per heavy atom. The van der Waals surface area contributed by atoms with Crippen LogP contribution in [0.1, 0.15) is 38.0 Å². The Bertz CT molecular complexity index is 1710. The van der Waals surface area contributed by atoms with E-state index in [2.05, 4.69) is 23.3 Å². The molecule has 9 heteroatoms. The third-order valence-electron chi connectivity index (χ3n) is 6.52. The Morgan fingerprint density at radius 2 is 1.77 bits per heavy atom. The van der Waals surface area contributed by atoms with Gasteiger partial charge in [0.2, 0.25) is 0 Å². The summed E-state index contributed by atoms with van der Waals surface area (Å²) >= 11 is 7.76. The molecule has 2 heterocycles. The number of carboxylic acids is 1. The Hall–Kier alpha value is -3.46. The van der Waals surface area contributed by atoms with E-state index in [1.165, 1.54) is 0 Å². The zero-order valence-electron chi connectivity index (χ0n) is 23.0. The molecule has 0 aliphatic heterocycles. The number of halogens is 1. The molecule has 2 aromatic heterocycles. The highest BCUT2D eigenvalue weighted by Crippen LogP contribution is 2.44. The van der Waals surface area contributed by atoms with Gasteiger partial charge in [0.1, 0.15) is 5.01 Å². The molecule has 0 saturated carbocycles. The van der Waals surface area contributed by atoms with Crippen LogP contribution in [0, 0.1) is 6.92 Å². The van der Waals surface area contributed by atoms with Crippen molar-refractivity contribution in [2.24, 2.45) is 7.05 Å². The smallest absolute Gasteiger partial charge is 0.337 e. The summed E-state index contributed by atoms with van der Waals surface area (Å²) in [6.07, 6.45) is -1.15. The fourth-order valence-electron chi connectivity index (χ4n) is 4.87. The first-order valence-corrected chi connectivity index (χ1v) is 13.8. The molecule has 202 valence electrons. The second-order valence-corrected chi connectivity index (χ2v) is 12.3. The lowest BCUT2D eigenvalue weighted by Crippen LogP contribution is -2.28. The summed E-state index contributed by atoms with van der Waals surface area (Å²) in [5.41, 5.74) is 5.25. The molecule has 39 heavy (non-hydrogen) atoms. The molecule has 0 bridgehead atoms. The van der Waals surface area contributed by atoms with Gasteiger partial charge in [0.05, 0.1) is 21.3 Å². The van der Waals surface area contributed by atoms with E-state index in [-0.39, 0.29) is 0 Å². The first kappa shape index (κ1) is 27.1. The van der Waals surface area contributed by atoms with Crippen LogP contribution in [-0.4, -0.2) is 45.5 Å². The molecule has 0 unspecified atom stereocenters. The molecule has 0 aliphatic rings. The molecule has 5 aromatic rings. The number of aromatic nitrogens is 3. The van der Waals surface area contributed by atoms with Gasteiger partial charge in [0, 0.05) is 48.2 Å². The summed E-state index contributed by atoms with van der Waals surface area (Å²) in [4.78, 5) is 19.6. The second-order valence-electron chi connectivity index (χ2n) is 10.9. The average Bonchev–Trinajstić information content (AvgIpc) is 3.42. The fraction of sp³-hybridized carbons (Fsp3) is 0.300. The van der Waals surface area contributed by atoms with Gasteiger partial charge in [-0.25, -0.2) is 9.78 Å². The number of hydrogen-bond donors (Lipinski definition) is 1. The first-order valence-electron chi connectivity index (χ1n) is 12.6. The second kappa shape index (κ2) is 9.93. The van der Waals surface area contributed by atoms with Crippen LogP contribution >= 0.6 is 22.9 Å². The molecule has 7 nitrogen and oxygen atoms in total. The van der Waals surface area contributed by atoms with E-state index in [1.54, 1.807) is 11.3 Å². The monoisotopic (exact) mass is 562 g/mol. The van der Waals surface area contributed by atoms with Crippen LogP contribution in [0.5, 0.6) is 0 Å².